The first-order valence-electron chi connectivity index (χ1n) is 6.60. The molecule has 1 aliphatic rings. The number of nitrogens with zero attached hydrogens (tertiary/aromatic N) is 1. The number of likely N-dealkylation sites (N-methyl/N-ethyl adjacent to an activating group) is 1. The van der Waals surface area contributed by atoms with Crippen molar-refractivity contribution < 1.29 is 9.59 Å². The molecule has 6 heteroatoms. The van der Waals surface area contributed by atoms with Crippen LogP contribution < -0.4 is 16.0 Å². The Kier molecular flexibility index (Phi) is 4.12. The molecular weight excluding hydrogens is 256 g/mol. The highest BCUT2D eigenvalue weighted by molar-refractivity contribution is 5.92. The lowest BCUT2D eigenvalue weighted by Gasteiger charge is -2.28. The summed E-state index contributed by atoms with van der Waals surface area (Å²) in [6, 6.07) is 6.79. The van der Waals surface area contributed by atoms with Crippen molar-refractivity contribution in [1.29, 1.82) is 0 Å². The molecule has 2 rings (SSSR count). The van der Waals surface area contributed by atoms with Crippen LogP contribution in [0.4, 0.5) is 11.4 Å². The van der Waals surface area contributed by atoms with Gasteiger partial charge in [-0.05, 0) is 19.1 Å². The molecule has 3 N–H and O–H groups in total. The van der Waals surface area contributed by atoms with E-state index < -0.39 is 6.04 Å². The van der Waals surface area contributed by atoms with E-state index in [4.69, 9.17) is 0 Å². The Morgan fingerprint density at radius 1 is 1.30 bits per heavy atom. The van der Waals surface area contributed by atoms with Crippen LogP contribution >= 0.6 is 0 Å². The van der Waals surface area contributed by atoms with Crippen molar-refractivity contribution >= 4 is 23.2 Å². The van der Waals surface area contributed by atoms with Crippen LogP contribution in [0.5, 0.6) is 0 Å². The highest BCUT2D eigenvalue weighted by atomic mass is 16.2. The first kappa shape index (κ1) is 14.2. The third-order valence-electron chi connectivity index (χ3n) is 3.24. The van der Waals surface area contributed by atoms with Gasteiger partial charge in [0.15, 0.2) is 0 Å². The molecule has 1 aromatic rings. The topological polar surface area (TPSA) is 73.5 Å². The lowest BCUT2D eigenvalue weighted by atomic mass is 10.1. The summed E-state index contributed by atoms with van der Waals surface area (Å²) in [6.45, 7) is 2.18. The van der Waals surface area contributed by atoms with Crippen molar-refractivity contribution in [3.63, 3.8) is 0 Å². The molecule has 2 unspecified atom stereocenters. The first-order valence-corrected chi connectivity index (χ1v) is 6.60. The van der Waals surface area contributed by atoms with E-state index >= 15 is 0 Å². The Bertz CT molecular complexity index is 516. The van der Waals surface area contributed by atoms with Crippen LogP contribution in [0.15, 0.2) is 24.3 Å². The number of anilines is 2. The number of hydrogen-bond acceptors (Lipinski definition) is 4. The number of hydrogen-bond donors (Lipinski definition) is 3. The van der Waals surface area contributed by atoms with E-state index in [0.717, 1.165) is 11.4 Å². The van der Waals surface area contributed by atoms with E-state index in [1.807, 2.05) is 24.3 Å². The minimum atomic E-state index is -0.531. The average Bonchev–Trinajstić information content (AvgIpc) is 2.45. The number of para-hydroxylation sites is 2. The molecule has 0 fully saturated rings. The second kappa shape index (κ2) is 5.81. The lowest BCUT2D eigenvalue weighted by molar-refractivity contribution is -0.134. The SMILES string of the molecule is CC(NC(=O)C1CNc2ccccc2N1)C(=O)N(C)C. The summed E-state index contributed by atoms with van der Waals surface area (Å²) in [6.07, 6.45) is 0. The summed E-state index contributed by atoms with van der Waals surface area (Å²) >= 11 is 0. The summed E-state index contributed by atoms with van der Waals surface area (Å²) in [4.78, 5) is 25.4. The number of fused-ring (bicyclic) bond motifs is 1. The van der Waals surface area contributed by atoms with Crippen LogP contribution in [0.25, 0.3) is 0 Å². The van der Waals surface area contributed by atoms with Gasteiger partial charge in [0.25, 0.3) is 0 Å². The van der Waals surface area contributed by atoms with E-state index in [1.54, 1.807) is 21.0 Å². The predicted molar refractivity (Wildman–Crippen MR) is 78.6 cm³/mol. The fourth-order valence-electron chi connectivity index (χ4n) is 2.14. The highest BCUT2D eigenvalue weighted by Gasteiger charge is 2.26. The van der Waals surface area contributed by atoms with E-state index in [2.05, 4.69) is 16.0 Å². The Labute approximate surface area is 118 Å². The van der Waals surface area contributed by atoms with Gasteiger partial charge >= 0.3 is 0 Å². The van der Waals surface area contributed by atoms with E-state index in [1.165, 1.54) is 4.90 Å². The number of rotatable bonds is 3. The molecule has 1 aromatic carbocycles. The van der Waals surface area contributed by atoms with Gasteiger partial charge in [0.1, 0.15) is 12.1 Å². The summed E-state index contributed by atoms with van der Waals surface area (Å²) < 4.78 is 0. The molecule has 108 valence electrons. The molecule has 0 spiro atoms. The number of carbonyl (C=O) groups excluding carboxylic acids is 2. The standard InChI is InChI=1S/C14H20N4O2/c1-9(14(20)18(2)3)16-13(19)12-8-15-10-6-4-5-7-11(10)17-12/h4-7,9,12,15,17H,8H2,1-3H3,(H,16,19). The third-order valence-corrected chi connectivity index (χ3v) is 3.24. The first-order chi connectivity index (χ1) is 9.49. The van der Waals surface area contributed by atoms with Gasteiger partial charge in [-0.15, -0.1) is 0 Å². The van der Waals surface area contributed by atoms with Gasteiger partial charge < -0.3 is 20.9 Å². The summed E-state index contributed by atoms with van der Waals surface area (Å²) in [5.74, 6) is -0.308. The van der Waals surface area contributed by atoms with E-state index in [0.29, 0.717) is 6.54 Å². The minimum Gasteiger partial charge on any atom is -0.381 e. The smallest absolute Gasteiger partial charge is 0.244 e. The van der Waals surface area contributed by atoms with Crippen molar-refractivity contribution in [3.05, 3.63) is 24.3 Å². The second-order valence-corrected chi connectivity index (χ2v) is 5.09. The van der Waals surface area contributed by atoms with Crippen LogP contribution in [0.2, 0.25) is 0 Å². The zero-order chi connectivity index (χ0) is 14.7. The van der Waals surface area contributed by atoms with Gasteiger partial charge in [0, 0.05) is 20.6 Å². The minimum absolute atomic E-state index is 0.123. The number of nitrogens with one attached hydrogen (secondary N) is 3. The maximum absolute atomic E-state index is 12.2. The van der Waals surface area contributed by atoms with Crippen molar-refractivity contribution in [2.45, 2.75) is 19.0 Å². The molecule has 0 aromatic heterocycles. The Morgan fingerprint density at radius 2 is 1.95 bits per heavy atom. The fraction of sp³-hybridized carbons (Fsp3) is 0.429. The van der Waals surface area contributed by atoms with Crippen LogP contribution in [0.3, 0.4) is 0 Å². The van der Waals surface area contributed by atoms with E-state index in [9.17, 15) is 9.59 Å². The van der Waals surface area contributed by atoms with Gasteiger partial charge in [-0.3, -0.25) is 9.59 Å². The largest absolute Gasteiger partial charge is 0.381 e. The zero-order valence-electron chi connectivity index (χ0n) is 11.9. The maximum atomic E-state index is 12.2. The number of amides is 2. The number of benzene rings is 1. The van der Waals surface area contributed by atoms with Gasteiger partial charge in [0.2, 0.25) is 11.8 Å². The molecule has 2 amide bonds. The Morgan fingerprint density at radius 3 is 2.60 bits per heavy atom. The summed E-state index contributed by atoms with van der Waals surface area (Å²) in [5, 5.41) is 9.10. The van der Waals surface area contributed by atoms with Crippen molar-refractivity contribution in [1.82, 2.24) is 10.2 Å². The summed E-state index contributed by atoms with van der Waals surface area (Å²) in [7, 11) is 3.34. The predicted octanol–water partition coefficient (Wildman–Crippen LogP) is 0.485. The average molecular weight is 276 g/mol. The zero-order valence-corrected chi connectivity index (χ0v) is 11.9. The van der Waals surface area contributed by atoms with Crippen LogP contribution in [-0.4, -0.2) is 49.4 Å². The molecule has 0 aliphatic carbocycles. The normalized spacial score (nSPS) is 18.1. The van der Waals surface area contributed by atoms with Crippen LogP contribution in [0, 0.1) is 0 Å². The van der Waals surface area contributed by atoms with Gasteiger partial charge in [-0.2, -0.15) is 0 Å². The third kappa shape index (κ3) is 3.01. The molecular formula is C14H20N4O2. The van der Waals surface area contributed by atoms with Crippen molar-refractivity contribution in [2.75, 3.05) is 31.3 Å². The molecule has 2 atom stereocenters. The lowest BCUT2D eigenvalue weighted by Crippen LogP contribution is -2.52. The molecule has 1 aliphatic heterocycles. The Balaban J connectivity index is 1.97. The molecule has 0 radical (unpaired) electrons. The Hall–Kier alpha value is -2.24. The quantitative estimate of drug-likeness (QED) is 0.751. The van der Waals surface area contributed by atoms with Gasteiger partial charge in [-0.1, -0.05) is 12.1 Å². The fourth-order valence-corrected chi connectivity index (χ4v) is 2.14. The van der Waals surface area contributed by atoms with Crippen molar-refractivity contribution in [2.24, 2.45) is 0 Å². The highest BCUT2D eigenvalue weighted by Crippen LogP contribution is 2.25. The van der Waals surface area contributed by atoms with Crippen molar-refractivity contribution in [3.8, 4) is 0 Å². The number of carbonyl (C=O) groups is 2. The van der Waals surface area contributed by atoms with Gasteiger partial charge in [-0.25, -0.2) is 0 Å². The monoisotopic (exact) mass is 276 g/mol. The maximum Gasteiger partial charge on any atom is 0.244 e. The molecule has 0 saturated carbocycles. The van der Waals surface area contributed by atoms with E-state index in [-0.39, 0.29) is 17.9 Å². The summed E-state index contributed by atoms with van der Waals surface area (Å²) in [5.41, 5.74) is 1.87. The molecule has 0 saturated heterocycles. The molecule has 0 bridgehead atoms. The van der Waals surface area contributed by atoms with Gasteiger partial charge in [0.05, 0.1) is 11.4 Å². The molecule has 1 heterocycles. The van der Waals surface area contributed by atoms with Crippen LogP contribution in [-0.2, 0) is 9.59 Å². The molecule has 20 heavy (non-hydrogen) atoms. The second-order valence-electron chi connectivity index (χ2n) is 5.09. The van der Waals surface area contributed by atoms with Crippen LogP contribution in [0.1, 0.15) is 6.92 Å². The molecule has 6 nitrogen and oxygen atoms in total.